The summed E-state index contributed by atoms with van der Waals surface area (Å²) in [6, 6.07) is 9.15. The third kappa shape index (κ3) is 7.85. The molecule has 0 radical (unpaired) electrons. The molecule has 23 heavy (non-hydrogen) atoms. The first-order chi connectivity index (χ1) is 10.8. The number of nitrogens with one attached hydrogen (secondary N) is 1. The first-order valence-corrected chi connectivity index (χ1v) is 7.06. The van der Waals surface area contributed by atoms with Crippen molar-refractivity contribution in [2.75, 3.05) is 13.3 Å². The second-order valence-electron chi connectivity index (χ2n) is 5.73. The van der Waals surface area contributed by atoms with Crippen molar-refractivity contribution >= 4 is 18.0 Å². The highest BCUT2D eigenvalue weighted by atomic mass is 16.7. The molecule has 0 bridgehead atoms. The summed E-state index contributed by atoms with van der Waals surface area (Å²) in [6.07, 6.45) is -0.872. The van der Waals surface area contributed by atoms with Gasteiger partial charge in [-0.25, -0.2) is 4.79 Å². The van der Waals surface area contributed by atoms with Gasteiger partial charge in [-0.1, -0.05) is 30.3 Å². The van der Waals surface area contributed by atoms with Gasteiger partial charge in [-0.3, -0.25) is 9.59 Å². The highest BCUT2D eigenvalue weighted by Gasteiger charge is 2.23. The first-order valence-electron chi connectivity index (χ1n) is 7.06. The van der Waals surface area contributed by atoms with E-state index in [1.165, 1.54) is 0 Å². The number of hydrogen-bond donors (Lipinski definition) is 1. The quantitative estimate of drug-likeness (QED) is 0.636. The number of alkyl carbamates (subject to hydrolysis) is 1. The maximum Gasteiger partial charge on any atom is 0.410 e. The third-order valence-corrected chi connectivity index (χ3v) is 2.61. The van der Waals surface area contributed by atoms with Crippen LogP contribution in [-0.4, -0.2) is 31.4 Å². The number of benzene rings is 1. The lowest BCUT2D eigenvalue weighted by atomic mass is 9.98. The van der Waals surface area contributed by atoms with Gasteiger partial charge in [-0.2, -0.15) is 0 Å². The van der Waals surface area contributed by atoms with Crippen LogP contribution in [0.25, 0.3) is 0 Å². The van der Waals surface area contributed by atoms with Crippen LogP contribution >= 0.6 is 0 Å². The van der Waals surface area contributed by atoms with E-state index in [2.05, 4.69) is 10.1 Å². The van der Waals surface area contributed by atoms with E-state index in [0.717, 1.165) is 5.56 Å². The van der Waals surface area contributed by atoms with Crippen molar-refractivity contribution in [3.05, 3.63) is 35.9 Å². The molecule has 1 N–H and O–H groups in total. The summed E-state index contributed by atoms with van der Waals surface area (Å²) in [5, 5.41) is 2.20. The van der Waals surface area contributed by atoms with E-state index in [-0.39, 0.29) is 13.2 Å². The van der Waals surface area contributed by atoms with Crippen LogP contribution in [0.1, 0.15) is 26.3 Å². The lowest BCUT2D eigenvalue weighted by Gasteiger charge is -2.16. The van der Waals surface area contributed by atoms with E-state index in [1.54, 1.807) is 20.8 Å². The minimum Gasteiger partial charge on any atom is -0.460 e. The van der Waals surface area contributed by atoms with E-state index in [1.807, 2.05) is 30.3 Å². The Labute approximate surface area is 134 Å². The smallest absolute Gasteiger partial charge is 0.410 e. The van der Waals surface area contributed by atoms with Crippen molar-refractivity contribution in [1.29, 1.82) is 0 Å². The monoisotopic (exact) mass is 323 g/mol. The molecule has 0 aliphatic rings. The molecule has 1 aromatic rings. The van der Waals surface area contributed by atoms with E-state index in [9.17, 15) is 14.4 Å². The normalized spacial score (nSPS) is 10.6. The van der Waals surface area contributed by atoms with Crippen LogP contribution < -0.4 is 5.32 Å². The molecule has 1 rings (SSSR count). The Morgan fingerprint density at radius 3 is 2.26 bits per heavy atom. The summed E-state index contributed by atoms with van der Waals surface area (Å²) >= 11 is 0. The number of rotatable bonds is 6. The molecule has 7 heteroatoms. The Balaban J connectivity index is 2.15. The average Bonchev–Trinajstić information content (AvgIpc) is 2.51. The Bertz CT molecular complexity index is 535. The minimum absolute atomic E-state index is 0.125. The zero-order chi connectivity index (χ0) is 17.3. The summed E-state index contributed by atoms with van der Waals surface area (Å²) < 4.78 is 14.3. The standard InChI is InChI=1S/C16H21NO6/c1-16(2,3)14(19)22-11-23-15(20)17-9-13(18)21-10-12-7-5-4-6-8-12/h4-8H,9-11H2,1-3H3,(H,17,20). The van der Waals surface area contributed by atoms with E-state index in [0.29, 0.717) is 0 Å². The topological polar surface area (TPSA) is 90.9 Å². The molecule has 0 fully saturated rings. The Kier molecular flexibility index (Phi) is 7.05. The average molecular weight is 323 g/mol. The van der Waals surface area contributed by atoms with Crippen LogP contribution in [0.3, 0.4) is 0 Å². The Hall–Kier alpha value is -2.57. The number of carbonyl (C=O) groups excluding carboxylic acids is 3. The molecule has 0 aliphatic carbocycles. The number of ether oxygens (including phenoxy) is 3. The van der Waals surface area contributed by atoms with Crippen LogP contribution in [0.4, 0.5) is 4.79 Å². The molecule has 0 aromatic heterocycles. The van der Waals surface area contributed by atoms with Crippen molar-refractivity contribution in [2.45, 2.75) is 27.4 Å². The van der Waals surface area contributed by atoms with Crippen molar-refractivity contribution in [3.63, 3.8) is 0 Å². The SMILES string of the molecule is CC(C)(C)C(=O)OCOC(=O)NCC(=O)OCc1ccccc1. The van der Waals surface area contributed by atoms with Crippen molar-refractivity contribution < 1.29 is 28.6 Å². The van der Waals surface area contributed by atoms with Gasteiger partial charge in [0.2, 0.25) is 6.79 Å². The van der Waals surface area contributed by atoms with E-state index < -0.39 is 30.2 Å². The first kappa shape index (κ1) is 18.5. The number of carbonyl (C=O) groups is 3. The Morgan fingerprint density at radius 2 is 1.65 bits per heavy atom. The van der Waals surface area contributed by atoms with Crippen molar-refractivity contribution in [3.8, 4) is 0 Å². The van der Waals surface area contributed by atoms with Crippen LogP contribution in [0.5, 0.6) is 0 Å². The van der Waals surface area contributed by atoms with Crippen LogP contribution in [-0.2, 0) is 30.4 Å². The molecular weight excluding hydrogens is 302 g/mol. The lowest BCUT2D eigenvalue weighted by molar-refractivity contribution is -0.161. The van der Waals surface area contributed by atoms with Gasteiger partial charge in [0, 0.05) is 0 Å². The molecule has 0 aliphatic heterocycles. The van der Waals surface area contributed by atoms with Gasteiger partial charge >= 0.3 is 18.0 Å². The fourth-order valence-corrected chi connectivity index (χ4v) is 1.34. The van der Waals surface area contributed by atoms with E-state index in [4.69, 9.17) is 9.47 Å². The molecule has 7 nitrogen and oxygen atoms in total. The number of amides is 1. The minimum atomic E-state index is -0.872. The highest BCUT2D eigenvalue weighted by molar-refractivity contribution is 5.78. The molecule has 0 atom stereocenters. The number of hydrogen-bond acceptors (Lipinski definition) is 6. The fraction of sp³-hybridized carbons (Fsp3) is 0.438. The van der Waals surface area contributed by atoms with Gasteiger partial charge in [0.15, 0.2) is 0 Å². The van der Waals surface area contributed by atoms with Gasteiger partial charge < -0.3 is 19.5 Å². The lowest BCUT2D eigenvalue weighted by Crippen LogP contribution is -2.32. The maximum atomic E-state index is 11.5. The predicted molar refractivity (Wildman–Crippen MR) is 81.1 cm³/mol. The zero-order valence-corrected chi connectivity index (χ0v) is 13.5. The molecule has 0 saturated carbocycles. The molecular formula is C16H21NO6. The molecule has 0 heterocycles. The van der Waals surface area contributed by atoms with Gasteiger partial charge in [-0.15, -0.1) is 0 Å². The van der Waals surface area contributed by atoms with Gasteiger partial charge in [0.25, 0.3) is 0 Å². The summed E-state index contributed by atoms with van der Waals surface area (Å²) in [7, 11) is 0. The summed E-state index contributed by atoms with van der Waals surface area (Å²) in [6.45, 7) is 4.31. The second kappa shape index (κ2) is 8.77. The predicted octanol–water partition coefficient (Wildman–Crippen LogP) is 2.00. The molecule has 0 spiro atoms. The van der Waals surface area contributed by atoms with Crippen LogP contribution in [0, 0.1) is 5.41 Å². The highest BCUT2D eigenvalue weighted by Crippen LogP contribution is 2.14. The second-order valence-corrected chi connectivity index (χ2v) is 5.73. The van der Waals surface area contributed by atoms with Gasteiger partial charge in [0.05, 0.1) is 5.41 Å². The third-order valence-electron chi connectivity index (χ3n) is 2.61. The van der Waals surface area contributed by atoms with Crippen LogP contribution in [0.15, 0.2) is 30.3 Å². The molecule has 126 valence electrons. The van der Waals surface area contributed by atoms with Crippen molar-refractivity contribution in [1.82, 2.24) is 5.32 Å². The summed E-state index contributed by atoms with van der Waals surface area (Å²) in [5.41, 5.74) is 0.165. The van der Waals surface area contributed by atoms with Crippen molar-refractivity contribution in [2.24, 2.45) is 5.41 Å². The summed E-state index contributed by atoms with van der Waals surface area (Å²) in [4.78, 5) is 34.2. The largest absolute Gasteiger partial charge is 0.460 e. The number of esters is 2. The van der Waals surface area contributed by atoms with Gasteiger partial charge in [0.1, 0.15) is 13.2 Å². The molecule has 1 amide bonds. The fourth-order valence-electron chi connectivity index (χ4n) is 1.34. The van der Waals surface area contributed by atoms with E-state index >= 15 is 0 Å². The summed E-state index contributed by atoms with van der Waals surface area (Å²) in [5.74, 6) is -1.09. The molecule has 0 saturated heterocycles. The van der Waals surface area contributed by atoms with Crippen LogP contribution in [0.2, 0.25) is 0 Å². The van der Waals surface area contributed by atoms with Gasteiger partial charge in [-0.05, 0) is 26.3 Å². The Morgan fingerprint density at radius 1 is 1.00 bits per heavy atom. The zero-order valence-electron chi connectivity index (χ0n) is 13.5. The molecule has 0 unspecified atom stereocenters. The molecule has 1 aromatic carbocycles. The maximum absolute atomic E-state index is 11.5.